The lowest BCUT2D eigenvalue weighted by atomic mass is 10.1. The summed E-state index contributed by atoms with van der Waals surface area (Å²) in [6.07, 6.45) is 1.70. The van der Waals surface area contributed by atoms with E-state index < -0.39 is 0 Å². The van der Waals surface area contributed by atoms with Crippen molar-refractivity contribution in [2.24, 2.45) is 0 Å². The Morgan fingerprint density at radius 1 is 1.10 bits per heavy atom. The second kappa shape index (κ2) is 5.09. The van der Waals surface area contributed by atoms with Crippen molar-refractivity contribution in [1.82, 2.24) is 15.0 Å². The van der Waals surface area contributed by atoms with Gasteiger partial charge in [0, 0.05) is 36.9 Å². The van der Waals surface area contributed by atoms with Crippen LogP contribution in [-0.4, -0.2) is 29.0 Å². The number of fused-ring (bicyclic) bond motifs is 1. The van der Waals surface area contributed by atoms with Gasteiger partial charge >= 0.3 is 0 Å². The van der Waals surface area contributed by atoms with E-state index in [1.165, 1.54) is 12.1 Å². The van der Waals surface area contributed by atoms with Gasteiger partial charge in [-0.15, -0.1) is 0 Å². The summed E-state index contributed by atoms with van der Waals surface area (Å²) in [5.74, 6) is 0.298. The first-order valence-electron chi connectivity index (χ1n) is 6.62. The maximum atomic E-state index is 13.9. The normalized spacial score (nSPS) is 10.9. The predicted molar refractivity (Wildman–Crippen MR) is 81.8 cm³/mol. The van der Waals surface area contributed by atoms with Gasteiger partial charge in [0.15, 0.2) is 0 Å². The molecule has 21 heavy (non-hydrogen) atoms. The molecule has 0 fully saturated rings. The van der Waals surface area contributed by atoms with Crippen LogP contribution in [0, 0.1) is 12.7 Å². The Morgan fingerprint density at radius 3 is 2.67 bits per heavy atom. The van der Waals surface area contributed by atoms with Crippen molar-refractivity contribution in [3.05, 3.63) is 48.0 Å². The minimum Gasteiger partial charge on any atom is -0.347 e. The van der Waals surface area contributed by atoms with Gasteiger partial charge in [0.1, 0.15) is 5.82 Å². The Hall–Kier alpha value is -2.56. The molecule has 106 valence electrons. The number of nitrogens with zero attached hydrogens (tertiary/aromatic N) is 4. The summed E-state index contributed by atoms with van der Waals surface area (Å²) in [7, 11) is 3.75. The molecular formula is C16H15FN4. The molecule has 0 amide bonds. The number of benzene rings is 1. The van der Waals surface area contributed by atoms with E-state index in [4.69, 9.17) is 0 Å². The minimum absolute atomic E-state index is 0.298. The number of rotatable bonds is 2. The maximum Gasteiger partial charge on any atom is 0.225 e. The van der Waals surface area contributed by atoms with E-state index in [9.17, 15) is 4.39 Å². The fourth-order valence-corrected chi connectivity index (χ4v) is 2.24. The zero-order valence-electron chi connectivity index (χ0n) is 12.1. The Labute approximate surface area is 122 Å². The van der Waals surface area contributed by atoms with Crippen LogP contribution in [0.2, 0.25) is 0 Å². The Balaban J connectivity index is 2.30. The molecule has 0 aliphatic heterocycles. The molecule has 2 heterocycles. The molecule has 0 saturated heterocycles. The van der Waals surface area contributed by atoms with Crippen molar-refractivity contribution < 1.29 is 4.39 Å². The molecule has 0 aliphatic carbocycles. The molecule has 0 spiro atoms. The highest BCUT2D eigenvalue weighted by atomic mass is 19.1. The van der Waals surface area contributed by atoms with Crippen molar-refractivity contribution in [3.63, 3.8) is 0 Å². The van der Waals surface area contributed by atoms with Crippen LogP contribution in [0.4, 0.5) is 10.3 Å². The molecule has 0 radical (unpaired) electrons. The van der Waals surface area contributed by atoms with Crippen LogP contribution in [-0.2, 0) is 0 Å². The van der Waals surface area contributed by atoms with E-state index in [-0.39, 0.29) is 5.82 Å². The highest BCUT2D eigenvalue weighted by molar-refractivity contribution is 5.92. The average Bonchev–Trinajstić information content (AvgIpc) is 2.45. The lowest BCUT2D eigenvalue weighted by Crippen LogP contribution is -2.13. The van der Waals surface area contributed by atoms with E-state index in [0.29, 0.717) is 17.2 Å². The SMILES string of the molecule is Cc1cc(-c2cc(F)cc3cccnc23)nc(N(C)C)n1. The number of anilines is 1. The van der Waals surface area contributed by atoms with Gasteiger partial charge in [-0.05, 0) is 31.2 Å². The van der Waals surface area contributed by atoms with Gasteiger partial charge in [0.05, 0.1) is 11.2 Å². The Kier molecular flexibility index (Phi) is 3.25. The highest BCUT2D eigenvalue weighted by Crippen LogP contribution is 2.28. The molecule has 2 aromatic heterocycles. The quantitative estimate of drug-likeness (QED) is 0.724. The number of pyridine rings is 1. The van der Waals surface area contributed by atoms with E-state index in [0.717, 1.165) is 16.6 Å². The van der Waals surface area contributed by atoms with Crippen molar-refractivity contribution in [1.29, 1.82) is 0 Å². The molecule has 3 aromatic rings. The first-order valence-corrected chi connectivity index (χ1v) is 6.62. The molecule has 0 atom stereocenters. The Bertz CT molecular complexity index is 814. The molecule has 4 nitrogen and oxygen atoms in total. The van der Waals surface area contributed by atoms with Crippen molar-refractivity contribution in [2.75, 3.05) is 19.0 Å². The van der Waals surface area contributed by atoms with Crippen molar-refractivity contribution in [3.8, 4) is 11.3 Å². The first kappa shape index (κ1) is 13.4. The van der Waals surface area contributed by atoms with E-state index >= 15 is 0 Å². The van der Waals surface area contributed by atoms with Crippen LogP contribution in [0.25, 0.3) is 22.2 Å². The van der Waals surface area contributed by atoms with Crippen LogP contribution in [0.1, 0.15) is 5.69 Å². The average molecular weight is 282 g/mol. The first-order chi connectivity index (χ1) is 10.0. The number of halogens is 1. The fraction of sp³-hybridized carbons (Fsp3) is 0.188. The summed E-state index contributed by atoms with van der Waals surface area (Å²) in [5.41, 5.74) is 2.92. The second-order valence-electron chi connectivity index (χ2n) is 5.12. The van der Waals surface area contributed by atoms with Crippen molar-refractivity contribution in [2.45, 2.75) is 6.92 Å². The summed E-state index contributed by atoms with van der Waals surface area (Å²) >= 11 is 0. The molecule has 3 rings (SSSR count). The summed E-state index contributed by atoms with van der Waals surface area (Å²) in [6, 6.07) is 8.43. The summed E-state index contributed by atoms with van der Waals surface area (Å²) in [4.78, 5) is 15.1. The number of hydrogen-bond donors (Lipinski definition) is 0. The van der Waals surface area contributed by atoms with Gasteiger partial charge in [0.2, 0.25) is 5.95 Å². The molecule has 0 bridgehead atoms. The van der Waals surface area contributed by atoms with Crippen LogP contribution in [0.15, 0.2) is 36.5 Å². The van der Waals surface area contributed by atoms with E-state index in [1.807, 2.05) is 38.1 Å². The summed E-state index contributed by atoms with van der Waals surface area (Å²) < 4.78 is 13.9. The second-order valence-corrected chi connectivity index (χ2v) is 5.12. The third-order valence-corrected chi connectivity index (χ3v) is 3.19. The van der Waals surface area contributed by atoms with Gasteiger partial charge in [0.25, 0.3) is 0 Å². The van der Waals surface area contributed by atoms with Gasteiger partial charge in [-0.2, -0.15) is 0 Å². The number of hydrogen-bond acceptors (Lipinski definition) is 4. The molecule has 0 N–H and O–H groups in total. The van der Waals surface area contributed by atoms with Crippen molar-refractivity contribution >= 4 is 16.9 Å². The fourth-order valence-electron chi connectivity index (χ4n) is 2.24. The zero-order chi connectivity index (χ0) is 15.0. The van der Waals surface area contributed by atoms with Gasteiger partial charge < -0.3 is 4.90 Å². The smallest absolute Gasteiger partial charge is 0.225 e. The monoisotopic (exact) mass is 282 g/mol. The topological polar surface area (TPSA) is 41.9 Å². The molecule has 0 aliphatic rings. The molecule has 1 aromatic carbocycles. The number of aromatic nitrogens is 3. The van der Waals surface area contributed by atoms with Crippen LogP contribution in [0.3, 0.4) is 0 Å². The van der Waals surface area contributed by atoms with Crippen LogP contribution < -0.4 is 4.90 Å². The minimum atomic E-state index is -0.298. The van der Waals surface area contributed by atoms with Gasteiger partial charge in [-0.1, -0.05) is 6.07 Å². The molecule has 5 heteroatoms. The largest absolute Gasteiger partial charge is 0.347 e. The molecule has 0 saturated carbocycles. The van der Waals surface area contributed by atoms with Gasteiger partial charge in [-0.25, -0.2) is 14.4 Å². The number of aryl methyl sites for hydroxylation is 1. The Morgan fingerprint density at radius 2 is 1.90 bits per heavy atom. The lowest BCUT2D eigenvalue weighted by Gasteiger charge is -2.13. The van der Waals surface area contributed by atoms with Crippen LogP contribution >= 0.6 is 0 Å². The highest BCUT2D eigenvalue weighted by Gasteiger charge is 2.12. The zero-order valence-corrected chi connectivity index (χ0v) is 12.1. The van der Waals surface area contributed by atoms with Crippen LogP contribution in [0.5, 0.6) is 0 Å². The van der Waals surface area contributed by atoms with Gasteiger partial charge in [-0.3, -0.25) is 4.98 Å². The lowest BCUT2D eigenvalue weighted by molar-refractivity contribution is 0.630. The van der Waals surface area contributed by atoms with E-state index in [2.05, 4.69) is 15.0 Å². The summed E-state index contributed by atoms with van der Waals surface area (Å²) in [6.45, 7) is 1.90. The predicted octanol–water partition coefficient (Wildman–Crippen LogP) is 3.21. The van der Waals surface area contributed by atoms with E-state index in [1.54, 1.807) is 12.3 Å². The third-order valence-electron chi connectivity index (χ3n) is 3.19. The molecular weight excluding hydrogens is 267 g/mol. The standard InChI is InChI=1S/C16H15FN4/c1-10-7-14(20-16(19-10)21(2)3)13-9-12(17)8-11-5-4-6-18-15(11)13/h4-9H,1-3H3. The molecule has 0 unspecified atom stereocenters. The third kappa shape index (κ3) is 2.54. The summed E-state index contributed by atoms with van der Waals surface area (Å²) in [5, 5.41) is 0.759. The maximum absolute atomic E-state index is 13.9.